The first kappa shape index (κ1) is 20.2. The molecule has 2 aromatic rings. The third-order valence-electron chi connectivity index (χ3n) is 3.74. The van der Waals surface area contributed by atoms with Gasteiger partial charge >= 0.3 is 5.97 Å². The Morgan fingerprint density at radius 3 is 2.63 bits per heavy atom. The molecule has 0 saturated heterocycles. The van der Waals surface area contributed by atoms with Crippen LogP contribution in [0.25, 0.3) is 6.08 Å². The van der Waals surface area contributed by atoms with Crippen molar-refractivity contribution < 1.29 is 23.5 Å². The number of esters is 1. The second kappa shape index (κ2) is 10.8. The van der Waals surface area contributed by atoms with Crippen LogP contribution in [-0.4, -0.2) is 32.1 Å². The number of rotatable bonds is 9. The fourth-order valence-electron chi connectivity index (χ4n) is 2.35. The van der Waals surface area contributed by atoms with Gasteiger partial charge < -0.3 is 14.8 Å². The van der Waals surface area contributed by atoms with Gasteiger partial charge in [0.25, 0.3) is 5.91 Å². The molecule has 0 aliphatic heterocycles. The first-order valence-corrected chi connectivity index (χ1v) is 8.57. The van der Waals surface area contributed by atoms with Crippen LogP contribution in [0.5, 0.6) is 5.75 Å². The standard InChI is InChI=1S/C21H22FNO4/c1-26-19-11-9-17(14-18(19)22)10-12-21(25)27-15-20(24)23-13-5-8-16-6-3-2-4-7-16/h2-4,6-7,9-12,14H,5,8,13,15H2,1H3,(H,23,24)/b12-10+. The molecule has 0 saturated carbocycles. The zero-order valence-corrected chi connectivity index (χ0v) is 15.1. The Bertz CT molecular complexity index is 790. The van der Waals surface area contributed by atoms with Crippen LogP contribution >= 0.6 is 0 Å². The summed E-state index contributed by atoms with van der Waals surface area (Å²) >= 11 is 0. The van der Waals surface area contributed by atoms with Crippen molar-refractivity contribution in [3.63, 3.8) is 0 Å². The van der Waals surface area contributed by atoms with Crippen molar-refractivity contribution in [2.75, 3.05) is 20.3 Å². The van der Waals surface area contributed by atoms with Crippen molar-refractivity contribution in [3.8, 4) is 5.75 Å². The molecule has 142 valence electrons. The summed E-state index contributed by atoms with van der Waals surface area (Å²) in [5, 5.41) is 2.70. The zero-order valence-electron chi connectivity index (χ0n) is 15.1. The Labute approximate surface area is 157 Å². The van der Waals surface area contributed by atoms with E-state index in [0.717, 1.165) is 18.9 Å². The van der Waals surface area contributed by atoms with Gasteiger partial charge in [-0.3, -0.25) is 4.79 Å². The van der Waals surface area contributed by atoms with E-state index in [1.54, 1.807) is 6.07 Å². The largest absolute Gasteiger partial charge is 0.494 e. The minimum absolute atomic E-state index is 0.124. The Hall–Kier alpha value is -3.15. The van der Waals surface area contributed by atoms with E-state index < -0.39 is 11.8 Å². The minimum atomic E-state index is -0.675. The smallest absolute Gasteiger partial charge is 0.331 e. The molecule has 0 aliphatic rings. The van der Waals surface area contributed by atoms with Gasteiger partial charge in [0.1, 0.15) is 0 Å². The van der Waals surface area contributed by atoms with Gasteiger partial charge in [0.05, 0.1) is 7.11 Å². The lowest BCUT2D eigenvalue weighted by molar-refractivity contribution is -0.143. The Kier molecular flexibility index (Phi) is 8.03. The molecule has 0 aromatic heterocycles. The highest BCUT2D eigenvalue weighted by Gasteiger charge is 2.05. The maximum Gasteiger partial charge on any atom is 0.331 e. The first-order valence-electron chi connectivity index (χ1n) is 8.57. The number of ether oxygens (including phenoxy) is 2. The van der Waals surface area contributed by atoms with Crippen molar-refractivity contribution >= 4 is 18.0 Å². The summed E-state index contributed by atoms with van der Waals surface area (Å²) in [5.41, 5.74) is 1.69. The molecule has 0 aliphatic carbocycles. The second-order valence-electron chi connectivity index (χ2n) is 5.77. The molecule has 1 amide bonds. The average molecular weight is 371 g/mol. The number of halogens is 1. The summed E-state index contributed by atoms with van der Waals surface area (Å²) in [6, 6.07) is 14.3. The zero-order chi connectivity index (χ0) is 19.5. The molecule has 0 bridgehead atoms. The van der Waals surface area contributed by atoms with Gasteiger partial charge in [0.15, 0.2) is 18.2 Å². The molecule has 0 fully saturated rings. The highest BCUT2D eigenvalue weighted by molar-refractivity contribution is 5.89. The molecule has 0 spiro atoms. The molecule has 0 unspecified atom stereocenters. The molecule has 2 aromatic carbocycles. The number of benzene rings is 2. The van der Waals surface area contributed by atoms with Crippen LogP contribution in [0.3, 0.4) is 0 Å². The monoisotopic (exact) mass is 371 g/mol. The van der Waals surface area contributed by atoms with Crippen LogP contribution in [0, 0.1) is 5.82 Å². The molecular weight excluding hydrogens is 349 g/mol. The van der Waals surface area contributed by atoms with Crippen LogP contribution in [0.2, 0.25) is 0 Å². The van der Waals surface area contributed by atoms with Crippen molar-refractivity contribution in [3.05, 3.63) is 71.6 Å². The van der Waals surface area contributed by atoms with Gasteiger partial charge in [0, 0.05) is 12.6 Å². The lowest BCUT2D eigenvalue weighted by atomic mass is 10.1. The van der Waals surface area contributed by atoms with E-state index in [1.807, 2.05) is 30.3 Å². The molecule has 0 radical (unpaired) electrons. The third-order valence-corrected chi connectivity index (χ3v) is 3.74. The van der Waals surface area contributed by atoms with E-state index in [0.29, 0.717) is 12.1 Å². The number of carbonyl (C=O) groups excluding carboxylic acids is 2. The van der Waals surface area contributed by atoms with Crippen molar-refractivity contribution in [1.29, 1.82) is 0 Å². The summed E-state index contributed by atoms with van der Waals surface area (Å²) in [6.45, 7) is 0.151. The summed E-state index contributed by atoms with van der Waals surface area (Å²) in [6.07, 6.45) is 4.21. The maximum absolute atomic E-state index is 13.6. The summed E-state index contributed by atoms with van der Waals surface area (Å²) < 4.78 is 23.2. The van der Waals surface area contributed by atoms with Crippen LogP contribution in [0.1, 0.15) is 17.5 Å². The van der Waals surface area contributed by atoms with Crippen molar-refractivity contribution in [1.82, 2.24) is 5.32 Å². The normalized spacial score (nSPS) is 10.6. The van der Waals surface area contributed by atoms with E-state index >= 15 is 0 Å². The third kappa shape index (κ3) is 7.32. The minimum Gasteiger partial charge on any atom is -0.494 e. The Morgan fingerprint density at radius 2 is 1.93 bits per heavy atom. The molecule has 0 heterocycles. The van der Waals surface area contributed by atoms with Crippen LogP contribution in [0.4, 0.5) is 4.39 Å². The van der Waals surface area contributed by atoms with E-state index in [1.165, 1.54) is 30.9 Å². The second-order valence-corrected chi connectivity index (χ2v) is 5.77. The van der Waals surface area contributed by atoms with E-state index in [-0.39, 0.29) is 18.3 Å². The van der Waals surface area contributed by atoms with Crippen LogP contribution in [-0.2, 0) is 20.7 Å². The topological polar surface area (TPSA) is 64.6 Å². The Morgan fingerprint density at radius 1 is 1.15 bits per heavy atom. The van der Waals surface area contributed by atoms with Crippen molar-refractivity contribution in [2.45, 2.75) is 12.8 Å². The van der Waals surface area contributed by atoms with E-state index in [9.17, 15) is 14.0 Å². The summed E-state index contributed by atoms with van der Waals surface area (Å²) in [4.78, 5) is 23.3. The number of methoxy groups -OCH3 is 1. The number of amides is 1. The fraction of sp³-hybridized carbons (Fsp3) is 0.238. The summed E-state index contributed by atoms with van der Waals surface area (Å²) in [7, 11) is 1.37. The predicted molar refractivity (Wildman–Crippen MR) is 101 cm³/mol. The molecule has 2 rings (SSSR count). The van der Waals surface area contributed by atoms with Gasteiger partial charge in [-0.15, -0.1) is 0 Å². The molecule has 0 atom stereocenters. The van der Waals surface area contributed by atoms with Gasteiger partial charge in [0.2, 0.25) is 0 Å². The fourth-order valence-corrected chi connectivity index (χ4v) is 2.35. The summed E-state index contributed by atoms with van der Waals surface area (Å²) in [5.74, 6) is -1.44. The van der Waals surface area contributed by atoms with Crippen LogP contribution in [0.15, 0.2) is 54.6 Å². The van der Waals surface area contributed by atoms with Gasteiger partial charge in [-0.25, -0.2) is 9.18 Å². The van der Waals surface area contributed by atoms with Gasteiger partial charge in [-0.2, -0.15) is 0 Å². The average Bonchev–Trinajstić information content (AvgIpc) is 2.69. The number of hydrogen-bond acceptors (Lipinski definition) is 4. The van der Waals surface area contributed by atoms with Gasteiger partial charge in [-0.05, 0) is 42.2 Å². The van der Waals surface area contributed by atoms with E-state index in [2.05, 4.69) is 5.32 Å². The lowest BCUT2D eigenvalue weighted by Gasteiger charge is -2.05. The highest BCUT2D eigenvalue weighted by atomic mass is 19.1. The van der Waals surface area contributed by atoms with Gasteiger partial charge in [-0.1, -0.05) is 36.4 Å². The number of carbonyl (C=O) groups is 2. The molecule has 27 heavy (non-hydrogen) atoms. The maximum atomic E-state index is 13.6. The highest BCUT2D eigenvalue weighted by Crippen LogP contribution is 2.18. The number of hydrogen-bond donors (Lipinski definition) is 1. The molecule has 1 N–H and O–H groups in total. The molecule has 6 heteroatoms. The Balaban J connectivity index is 1.65. The molecule has 5 nitrogen and oxygen atoms in total. The number of aryl methyl sites for hydroxylation is 1. The predicted octanol–water partition coefficient (Wildman–Crippen LogP) is 3.14. The molecular formula is C21H22FNO4. The van der Waals surface area contributed by atoms with Crippen LogP contribution < -0.4 is 10.1 Å². The van der Waals surface area contributed by atoms with Crippen molar-refractivity contribution in [2.24, 2.45) is 0 Å². The first-order chi connectivity index (χ1) is 13.1. The lowest BCUT2D eigenvalue weighted by Crippen LogP contribution is -2.29. The SMILES string of the molecule is COc1ccc(/C=C/C(=O)OCC(=O)NCCCc2ccccc2)cc1F. The quantitative estimate of drug-likeness (QED) is 0.418. The number of nitrogens with one attached hydrogen (secondary N) is 1. The van der Waals surface area contributed by atoms with E-state index in [4.69, 9.17) is 9.47 Å².